The molecule has 1 aliphatic rings. The Labute approximate surface area is 246 Å². The number of nitrogen functional groups attached to an aromatic ring is 1. The van der Waals surface area contributed by atoms with Gasteiger partial charge in [0.2, 0.25) is 0 Å². The third-order valence-corrected chi connectivity index (χ3v) is 8.41. The summed E-state index contributed by atoms with van der Waals surface area (Å²) in [6.45, 7) is 0.443. The number of nitrogens with two attached hydrogens (primary N) is 1. The van der Waals surface area contributed by atoms with E-state index in [2.05, 4.69) is 21.4 Å². The number of fused-ring (bicyclic) bond motifs is 2. The molecule has 3 aromatic heterocycles. The smallest absolute Gasteiger partial charge is 0.335 e. The number of rotatable bonds is 7. The number of carboxylic acid groups (broad SMARTS) is 1. The molecule has 7 rings (SSSR count). The predicted molar refractivity (Wildman–Crippen MR) is 164 cm³/mol. The van der Waals surface area contributed by atoms with Crippen molar-refractivity contribution < 1.29 is 14.3 Å². The van der Waals surface area contributed by atoms with Crippen molar-refractivity contribution in [2.45, 2.75) is 44.3 Å². The third-order valence-electron chi connectivity index (χ3n) is 8.41. The summed E-state index contributed by atoms with van der Waals surface area (Å²) < 4.78 is 18.3. The van der Waals surface area contributed by atoms with E-state index in [9.17, 15) is 9.18 Å². The van der Waals surface area contributed by atoms with E-state index in [0.29, 0.717) is 17.9 Å². The van der Waals surface area contributed by atoms with Crippen molar-refractivity contribution in [1.29, 1.82) is 0 Å². The van der Waals surface area contributed by atoms with Crippen LogP contribution in [0.2, 0.25) is 0 Å². The molecule has 0 unspecified atom stereocenters. The Balaban J connectivity index is 1.14. The van der Waals surface area contributed by atoms with E-state index in [1.807, 2.05) is 51.8 Å². The fraction of sp³-hybridized carbons (Fsp3) is 0.212. The normalized spacial score (nSPS) is 17.0. The van der Waals surface area contributed by atoms with E-state index >= 15 is 0 Å². The Morgan fingerprint density at radius 1 is 1.00 bits per heavy atom. The molecule has 6 aromatic rings. The first kappa shape index (κ1) is 26.6. The second kappa shape index (κ2) is 10.9. The van der Waals surface area contributed by atoms with Crippen molar-refractivity contribution in [2.75, 3.05) is 11.1 Å². The highest BCUT2D eigenvalue weighted by atomic mass is 19.1. The Morgan fingerprint density at radius 2 is 1.79 bits per heavy atom. The first-order valence-electron chi connectivity index (χ1n) is 14.4. The van der Waals surface area contributed by atoms with Crippen LogP contribution < -0.4 is 11.1 Å². The summed E-state index contributed by atoms with van der Waals surface area (Å²) >= 11 is 0. The van der Waals surface area contributed by atoms with E-state index in [0.717, 1.165) is 64.6 Å². The lowest BCUT2D eigenvalue weighted by Gasteiger charge is -2.30. The molecule has 216 valence electrons. The minimum Gasteiger partial charge on any atom is -0.478 e. The molecular formula is C33H30FN7O2. The monoisotopic (exact) mass is 575 g/mol. The standard InChI is InChI=1S/C33H30FN7O2/c34-27-4-2-1-3-23(27)18-40-16-15-21-17-22(7-14-28(21)40)30-29-31(35)36-19-37-32(29)41(39-30)26-12-10-25(11-13-26)38-24-8-5-20(6-9-24)33(42)43/h1-9,14-17,19,25-26,38H,10-13,18H2,(H,42,43)(H2,35,36,37)/t25-,26-. The lowest BCUT2D eigenvalue weighted by Crippen LogP contribution is -2.28. The highest BCUT2D eigenvalue weighted by Gasteiger charge is 2.27. The lowest BCUT2D eigenvalue weighted by atomic mass is 9.91. The first-order chi connectivity index (χ1) is 20.9. The summed E-state index contributed by atoms with van der Waals surface area (Å²) in [6, 6.07) is 22.3. The zero-order chi connectivity index (χ0) is 29.5. The number of nitrogens with one attached hydrogen (secondary N) is 1. The van der Waals surface area contributed by atoms with Crippen molar-refractivity contribution in [3.05, 3.63) is 102 Å². The van der Waals surface area contributed by atoms with Crippen molar-refractivity contribution in [3.63, 3.8) is 0 Å². The van der Waals surface area contributed by atoms with Gasteiger partial charge >= 0.3 is 5.97 Å². The molecule has 3 aromatic carbocycles. The summed E-state index contributed by atoms with van der Waals surface area (Å²) in [6.07, 6.45) is 7.14. The highest BCUT2D eigenvalue weighted by Crippen LogP contribution is 2.37. The molecule has 1 aliphatic carbocycles. The minimum atomic E-state index is -0.930. The summed E-state index contributed by atoms with van der Waals surface area (Å²) in [4.78, 5) is 20.0. The van der Waals surface area contributed by atoms with Gasteiger partial charge in [-0.15, -0.1) is 0 Å². The topological polar surface area (TPSA) is 124 Å². The number of anilines is 2. The number of aromatic carboxylic acids is 1. The zero-order valence-electron chi connectivity index (χ0n) is 23.3. The number of nitrogens with zero attached hydrogens (tertiary/aromatic N) is 5. The maximum Gasteiger partial charge on any atom is 0.335 e. The molecular weight excluding hydrogens is 545 g/mol. The molecule has 0 amide bonds. The molecule has 0 atom stereocenters. The Kier molecular flexibility index (Phi) is 6.73. The second-order valence-electron chi connectivity index (χ2n) is 11.1. The average molecular weight is 576 g/mol. The van der Waals surface area contributed by atoms with Crippen molar-refractivity contribution in [3.8, 4) is 11.3 Å². The van der Waals surface area contributed by atoms with Crippen molar-refractivity contribution in [2.24, 2.45) is 0 Å². The summed E-state index contributed by atoms with van der Waals surface area (Å²) in [5.41, 5.74) is 11.6. The van der Waals surface area contributed by atoms with Gasteiger partial charge in [-0.05, 0) is 74.2 Å². The van der Waals surface area contributed by atoms with Crippen LogP contribution in [0.5, 0.6) is 0 Å². The molecule has 0 aliphatic heterocycles. The van der Waals surface area contributed by atoms with Gasteiger partial charge in [0.25, 0.3) is 0 Å². The van der Waals surface area contributed by atoms with Crippen LogP contribution in [-0.2, 0) is 6.54 Å². The molecule has 10 heteroatoms. The predicted octanol–water partition coefficient (Wildman–Crippen LogP) is 6.51. The number of benzene rings is 3. The molecule has 0 spiro atoms. The number of hydrogen-bond acceptors (Lipinski definition) is 6. The second-order valence-corrected chi connectivity index (χ2v) is 11.1. The van der Waals surface area contributed by atoms with Gasteiger partial charge in [-0.25, -0.2) is 23.8 Å². The minimum absolute atomic E-state index is 0.156. The fourth-order valence-electron chi connectivity index (χ4n) is 6.16. The molecule has 4 N–H and O–H groups in total. The Bertz CT molecular complexity index is 1960. The van der Waals surface area contributed by atoms with Crippen LogP contribution in [0.25, 0.3) is 33.2 Å². The molecule has 1 fully saturated rings. The van der Waals surface area contributed by atoms with E-state index in [4.69, 9.17) is 15.9 Å². The van der Waals surface area contributed by atoms with E-state index in [-0.39, 0.29) is 23.5 Å². The third kappa shape index (κ3) is 5.05. The average Bonchev–Trinajstić information content (AvgIpc) is 3.61. The maximum atomic E-state index is 14.3. The summed E-state index contributed by atoms with van der Waals surface area (Å²) in [5, 5.41) is 19.5. The van der Waals surface area contributed by atoms with Gasteiger partial charge in [0.15, 0.2) is 5.65 Å². The highest BCUT2D eigenvalue weighted by molar-refractivity contribution is 6.00. The number of carboxylic acids is 1. The van der Waals surface area contributed by atoms with Crippen LogP contribution in [0, 0.1) is 5.82 Å². The van der Waals surface area contributed by atoms with Gasteiger partial charge < -0.3 is 20.7 Å². The van der Waals surface area contributed by atoms with E-state index < -0.39 is 5.97 Å². The van der Waals surface area contributed by atoms with Crippen LogP contribution in [0.1, 0.15) is 47.6 Å². The number of carbonyl (C=O) groups is 1. The summed E-state index contributed by atoms with van der Waals surface area (Å²) in [5.74, 6) is -0.753. The number of aromatic nitrogens is 5. The van der Waals surface area contributed by atoms with Gasteiger partial charge in [-0.3, -0.25) is 0 Å². The van der Waals surface area contributed by atoms with Gasteiger partial charge in [-0.1, -0.05) is 24.3 Å². The maximum absolute atomic E-state index is 14.3. The van der Waals surface area contributed by atoms with E-state index in [1.54, 1.807) is 24.3 Å². The summed E-state index contributed by atoms with van der Waals surface area (Å²) in [7, 11) is 0. The van der Waals surface area contributed by atoms with Crippen molar-refractivity contribution >= 4 is 39.4 Å². The van der Waals surface area contributed by atoms with Crippen LogP contribution in [0.4, 0.5) is 15.9 Å². The van der Waals surface area contributed by atoms with Crippen molar-refractivity contribution in [1.82, 2.24) is 24.3 Å². The van der Waals surface area contributed by atoms with Crippen LogP contribution in [0.3, 0.4) is 0 Å². The molecule has 0 saturated heterocycles. The molecule has 0 bridgehead atoms. The van der Waals surface area contributed by atoms with Crippen LogP contribution in [0.15, 0.2) is 85.3 Å². The Morgan fingerprint density at radius 3 is 2.56 bits per heavy atom. The number of hydrogen-bond donors (Lipinski definition) is 3. The quantitative estimate of drug-likeness (QED) is 0.198. The van der Waals surface area contributed by atoms with Crippen LogP contribution in [-0.4, -0.2) is 41.4 Å². The molecule has 43 heavy (non-hydrogen) atoms. The SMILES string of the molecule is Nc1ncnc2c1c(-c1ccc3c(ccn3Cc3ccccc3F)c1)nn2[C@H]1CC[C@H](Nc2ccc(C(=O)O)cc2)CC1. The molecule has 3 heterocycles. The van der Waals surface area contributed by atoms with Gasteiger partial charge in [0.05, 0.1) is 23.5 Å². The molecule has 9 nitrogen and oxygen atoms in total. The van der Waals surface area contributed by atoms with Gasteiger partial charge in [-0.2, -0.15) is 5.10 Å². The Hall–Kier alpha value is -5.25. The fourth-order valence-corrected chi connectivity index (χ4v) is 6.16. The van der Waals surface area contributed by atoms with Gasteiger partial charge in [0.1, 0.15) is 23.7 Å². The molecule has 0 radical (unpaired) electrons. The lowest BCUT2D eigenvalue weighted by molar-refractivity contribution is 0.0697. The zero-order valence-corrected chi connectivity index (χ0v) is 23.3. The van der Waals surface area contributed by atoms with E-state index in [1.165, 1.54) is 12.4 Å². The van der Waals surface area contributed by atoms with Gasteiger partial charge in [0, 0.05) is 40.0 Å². The largest absolute Gasteiger partial charge is 0.478 e. The number of halogens is 1. The molecule has 1 saturated carbocycles. The van der Waals surface area contributed by atoms with Crippen LogP contribution >= 0.6 is 0 Å². The first-order valence-corrected chi connectivity index (χ1v) is 14.4.